The zero-order valence-corrected chi connectivity index (χ0v) is 17.3. The molecule has 0 atom stereocenters. The molecule has 0 spiro atoms. The highest BCUT2D eigenvalue weighted by molar-refractivity contribution is 6.31. The summed E-state index contributed by atoms with van der Waals surface area (Å²) in [6.45, 7) is 5.63. The minimum absolute atomic E-state index is 0.401. The van der Waals surface area contributed by atoms with E-state index in [1.54, 1.807) is 0 Å². The minimum atomic E-state index is 0.401. The Kier molecular flexibility index (Phi) is 5.72. The van der Waals surface area contributed by atoms with E-state index in [9.17, 15) is 0 Å². The van der Waals surface area contributed by atoms with Crippen LogP contribution < -0.4 is 9.47 Å². The van der Waals surface area contributed by atoms with Crippen molar-refractivity contribution in [2.24, 2.45) is 0 Å². The molecule has 1 heterocycles. The Morgan fingerprint density at radius 1 is 0.897 bits per heavy atom. The molecule has 5 heteroatoms. The summed E-state index contributed by atoms with van der Waals surface area (Å²) in [4.78, 5) is 4.76. The highest BCUT2D eigenvalue weighted by atomic mass is 35.5. The zero-order chi connectivity index (χ0) is 20.2. The molecular weight excluding hydrogens is 384 g/mol. The average Bonchev–Trinajstić information content (AvgIpc) is 3.08. The van der Waals surface area contributed by atoms with Gasteiger partial charge >= 0.3 is 0 Å². The first-order valence-corrected chi connectivity index (χ1v) is 10.0. The lowest BCUT2D eigenvalue weighted by atomic mass is 10.2. The van der Waals surface area contributed by atoms with Crippen LogP contribution in [0, 0.1) is 13.8 Å². The van der Waals surface area contributed by atoms with Crippen LogP contribution in [0.15, 0.2) is 66.7 Å². The summed E-state index contributed by atoms with van der Waals surface area (Å²) in [6, 6.07) is 21.9. The molecule has 0 aliphatic rings. The molecule has 0 amide bonds. The minimum Gasteiger partial charge on any atom is -0.492 e. The summed E-state index contributed by atoms with van der Waals surface area (Å²) in [5.74, 6) is 2.53. The van der Waals surface area contributed by atoms with E-state index in [0.29, 0.717) is 19.8 Å². The number of rotatable bonds is 7. The molecule has 3 aromatic carbocycles. The smallest absolute Gasteiger partial charge is 0.148 e. The number of hydrogen-bond acceptors (Lipinski definition) is 3. The fourth-order valence-electron chi connectivity index (χ4n) is 3.23. The molecule has 148 valence electrons. The van der Waals surface area contributed by atoms with Crippen LogP contribution in [0.5, 0.6) is 11.5 Å². The largest absolute Gasteiger partial charge is 0.492 e. The van der Waals surface area contributed by atoms with Gasteiger partial charge in [0.05, 0.1) is 17.6 Å². The summed E-state index contributed by atoms with van der Waals surface area (Å²) in [5, 5.41) is 0.744. The third kappa shape index (κ3) is 4.54. The average molecular weight is 407 g/mol. The van der Waals surface area contributed by atoms with Gasteiger partial charge in [-0.05, 0) is 61.9 Å². The summed E-state index contributed by atoms with van der Waals surface area (Å²) in [5.41, 5.74) is 4.24. The quantitative estimate of drug-likeness (QED) is 0.379. The van der Waals surface area contributed by atoms with Crippen LogP contribution in [0.2, 0.25) is 5.02 Å². The van der Waals surface area contributed by atoms with Crippen molar-refractivity contribution in [1.29, 1.82) is 0 Å². The first-order valence-electron chi connectivity index (χ1n) is 9.63. The van der Waals surface area contributed by atoms with Crippen molar-refractivity contribution in [3.8, 4) is 11.5 Å². The molecule has 4 rings (SSSR count). The number of halogens is 1. The van der Waals surface area contributed by atoms with E-state index in [0.717, 1.165) is 38.9 Å². The molecule has 0 bridgehead atoms. The monoisotopic (exact) mass is 406 g/mol. The lowest BCUT2D eigenvalue weighted by Crippen LogP contribution is -2.13. The van der Waals surface area contributed by atoms with Crippen molar-refractivity contribution >= 4 is 22.6 Å². The van der Waals surface area contributed by atoms with Gasteiger partial charge in [0.1, 0.15) is 30.5 Å². The van der Waals surface area contributed by atoms with Gasteiger partial charge in [0.15, 0.2) is 0 Å². The molecule has 1 aromatic heterocycles. The van der Waals surface area contributed by atoms with E-state index < -0.39 is 0 Å². The standard InChI is InChI=1S/C24H23ClN2O2/c1-17-7-9-19(10-8-17)29-16-24-26-22-5-3-4-6-23(22)27(24)13-14-28-20-11-12-21(25)18(2)15-20/h3-12,15H,13-14,16H2,1-2H3. The van der Waals surface area contributed by atoms with Crippen molar-refractivity contribution in [3.63, 3.8) is 0 Å². The number of benzene rings is 3. The molecule has 0 N–H and O–H groups in total. The first kappa shape index (κ1) is 19.3. The van der Waals surface area contributed by atoms with E-state index in [1.165, 1.54) is 5.56 Å². The third-order valence-corrected chi connectivity index (χ3v) is 5.26. The number of nitrogens with zero attached hydrogens (tertiary/aromatic N) is 2. The number of imidazole rings is 1. The Morgan fingerprint density at radius 2 is 1.66 bits per heavy atom. The Hall–Kier alpha value is -2.98. The van der Waals surface area contributed by atoms with Crippen molar-refractivity contribution < 1.29 is 9.47 Å². The molecular formula is C24H23ClN2O2. The molecule has 4 aromatic rings. The van der Waals surface area contributed by atoms with Crippen molar-refractivity contribution in [1.82, 2.24) is 9.55 Å². The molecule has 0 aliphatic heterocycles. The molecule has 29 heavy (non-hydrogen) atoms. The van der Waals surface area contributed by atoms with Crippen LogP contribution >= 0.6 is 11.6 Å². The molecule has 0 saturated heterocycles. The molecule has 0 fully saturated rings. The first-order chi connectivity index (χ1) is 14.1. The predicted octanol–water partition coefficient (Wildman–Crippen LogP) is 5.96. The molecule has 0 unspecified atom stereocenters. The topological polar surface area (TPSA) is 36.3 Å². The van der Waals surface area contributed by atoms with Gasteiger partial charge in [-0.1, -0.05) is 41.4 Å². The molecule has 0 saturated carbocycles. The molecule has 0 radical (unpaired) electrons. The van der Waals surface area contributed by atoms with E-state index in [2.05, 4.69) is 17.6 Å². The highest BCUT2D eigenvalue weighted by Gasteiger charge is 2.11. The number of hydrogen-bond donors (Lipinski definition) is 0. The Morgan fingerprint density at radius 3 is 2.45 bits per heavy atom. The maximum Gasteiger partial charge on any atom is 0.148 e. The predicted molar refractivity (Wildman–Crippen MR) is 117 cm³/mol. The van der Waals surface area contributed by atoms with Crippen LogP contribution in [-0.4, -0.2) is 16.2 Å². The van der Waals surface area contributed by atoms with Crippen LogP contribution in [0.4, 0.5) is 0 Å². The maximum atomic E-state index is 6.09. The second-order valence-corrected chi connectivity index (χ2v) is 7.44. The van der Waals surface area contributed by atoms with Crippen LogP contribution in [0.1, 0.15) is 17.0 Å². The van der Waals surface area contributed by atoms with Gasteiger partial charge in [0.25, 0.3) is 0 Å². The SMILES string of the molecule is Cc1ccc(OCc2nc3ccccc3n2CCOc2ccc(Cl)c(C)c2)cc1. The summed E-state index contributed by atoms with van der Waals surface area (Å²) in [6.07, 6.45) is 0. The normalized spacial score (nSPS) is 11.0. The van der Waals surface area contributed by atoms with E-state index >= 15 is 0 Å². The fraction of sp³-hybridized carbons (Fsp3) is 0.208. The van der Waals surface area contributed by atoms with Crippen molar-refractivity contribution in [3.05, 3.63) is 88.7 Å². The summed E-state index contributed by atoms with van der Waals surface area (Å²) >= 11 is 6.09. The lowest BCUT2D eigenvalue weighted by molar-refractivity contribution is 0.272. The van der Waals surface area contributed by atoms with Gasteiger partial charge in [-0.25, -0.2) is 4.98 Å². The number of ether oxygens (including phenoxy) is 2. The van der Waals surface area contributed by atoms with Crippen molar-refractivity contribution in [2.75, 3.05) is 6.61 Å². The Labute approximate surface area is 175 Å². The van der Waals surface area contributed by atoms with Gasteiger partial charge in [-0.15, -0.1) is 0 Å². The van der Waals surface area contributed by atoms with Gasteiger partial charge < -0.3 is 14.0 Å². The third-order valence-electron chi connectivity index (χ3n) is 4.84. The number of para-hydroxylation sites is 2. The molecule has 0 aliphatic carbocycles. The van der Waals surface area contributed by atoms with Gasteiger partial charge in [-0.3, -0.25) is 0 Å². The highest BCUT2D eigenvalue weighted by Crippen LogP contribution is 2.22. The Balaban J connectivity index is 1.49. The van der Waals surface area contributed by atoms with E-state index in [1.807, 2.05) is 67.6 Å². The number of aryl methyl sites for hydroxylation is 2. The molecule has 4 nitrogen and oxygen atoms in total. The van der Waals surface area contributed by atoms with Crippen LogP contribution in [0.25, 0.3) is 11.0 Å². The van der Waals surface area contributed by atoms with E-state index in [4.69, 9.17) is 26.1 Å². The second kappa shape index (κ2) is 8.58. The van der Waals surface area contributed by atoms with Gasteiger partial charge in [0.2, 0.25) is 0 Å². The van der Waals surface area contributed by atoms with Crippen molar-refractivity contribution in [2.45, 2.75) is 27.0 Å². The maximum absolute atomic E-state index is 6.09. The fourth-order valence-corrected chi connectivity index (χ4v) is 3.35. The summed E-state index contributed by atoms with van der Waals surface area (Å²) in [7, 11) is 0. The zero-order valence-electron chi connectivity index (χ0n) is 16.6. The Bertz CT molecular complexity index is 1120. The summed E-state index contributed by atoms with van der Waals surface area (Å²) < 4.78 is 14.1. The van der Waals surface area contributed by atoms with Crippen LogP contribution in [0.3, 0.4) is 0 Å². The second-order valence-electron chi connectivity index (χ2n) is 7.03. The van der Waals surface area contributed by atoms with E-state index in [-0.39, 0.29) is 0 Å². The number of fused-ring (bicyclic) bond motifs is 1. The van der Waals surface area contributed by atoms with Gasteiger partial charge in [-0.2, -0.15) is 0 Å². The van der Waals surface area contributed by atoms with Crippen LogP contribution in [-0.2, 0) is 13.2 Å². The number of aromatic nitrogens is 2. The van der Waals surface area contributed by atoms with Gasteiger partial charge in [0, 0.05) is 5.02 Å². The lowest BCUT2D eigenvalue weighted by Gasteiger charge is -2.12.